The van der Waals surface area contributed by atoms with Crippen LogP contribution in [0.1, 0.15) is 30.1 Å². The van der Waals surface area contributed by atoms with Gasteiger partial charge < -0.3 is 10.4 Å². The van der Waals surface area contributed by atoms with E-state index in [2.05, 4.69) is 12.2 Å². The lowest BCUT2D eigenvalue weighted by Crippen LogP contribution is -2.37. The van der Waals surface area contributed by atoms with Crippen LogP contribution in [0.5, 0.6) is 5.75 Å². The maximum atomic E-state index is 12.9. The van der Waals surface area contributed by atoms with E-state index < -0.39 is 15.9 Å². The second-order valence-corrected chi connectivity index (χ2v) is 9.10. The number of sulfonamides is 1. The molecule has 144 valence electrons. The summed E-state index contributed by atoms with van der Waals surface area (Å²) in [5, 5.41) is 12.7. The molecule has 0 aromatic heterocycles. The fourth-order valence-electron chi connectivity index (χ4n) is 2.97. The third-order valence-electron chi connectivity index (χ3n) is 4.68. The molecule has 6 nitrogen and oxygen atoms in total. The minimum Gasteiger partial charge on any atom is -0.506 e. The van der Waals surface area contributed by atoms with Crippen molar-refractivity contribution in [3.63, 3.8) is 0 Å². The number of phenolic OH excluding ortho intramolecular Hbond substituents is 1. The SMILES string of the molecule is CC1CCN(S(=O)(=O)c2cccc(C(=O)Nc3cc(Cl)ccc3O)c2)CC1. The van der Waals surface area contributed by atoms with Crippen LogP contribution in [-0.4, -0.2) is 36.8 Å². The Kier molecular flexibility index (Phi) is 5.74. The maximum Gasteiger partial charge on any atom is 0.255 e. The highest BCUT2D eigenvalue weighted by molar-refractivity contribution is 7.89. The summed E-state index contributed by atoms with van der Waals surface area (Å²) in [4.78, 5) is 12.6. The lowest BCUT2D eigenvalue weighted by atomic mass is 10.0. The zero-order valence-corrected chi connectivity index (χ0v) is 16.4. The molecule has 1 amide bonds. The number of aromatic hydroxyl groups is 1. The maximum absolute atomic E-state index is 12.9. The Balaban J connectivity index is 1.82. The molecular weight excluding hydrogens is 388 g/mol. The van der Waals surface area contributed by atoms with Crippen LogP contribution < -0.4 is 5.32 Å². The number of carbonyl (C=O) groups excluding carboxylic acids is 1. The number of piperidine rings is 1. The van der Waals surface area contributed by atoms with Gasteiger partial charge in [-0.25, -0.2) is 8.42 Å². The molecule has 1 fully saturated rings. The first-order valence-corrected chi connectivity index (χ1v) is 10.5. The van der Waals surface area contributed by atoms with Crippen molar-refractivity contribution in [2.75, 3.05) is 18.4 Å². The summed E-state index contributed by atoms with van der Waals surface area (Å²) in [5.41, 5.74) is 0.339. The molecule has 2 aromatic carbocycles. The summed E-state index contributed by atoms with van der Waals surface area (Å²) in [7, 11) is -3.65. The number of amides is 1. The fraction of sp³-hybridized carbons (Fsp3) is 0.316. The number of carbonyl (C=O) groups is 1. The minimum atomic E-state index is -3.65. The van der Waals surface area contributed by atoms with E-state index in [1.54, 1.807) is 0 Å². The van der Waals surface area contributed by atoms with E-state index >= 15 is 0 Å². The van der Waals surface area contributed by atoms with Gasteiger partial charge in [0.05, 0.1) is 10.6 Å². The average Bonchev–Trinajstić information content (AvgIpc) is 2.65. The molecule has 27 heavy (non-hydrogen) atoms. The fourth-order valence-corrected chi connectivity index (χ4v) is 4.66. The summed E-state index contributed by atoms with van der Waals surface area (Å²) in [5.74, 6) is -0.144. The number of rotatable bonds is 4. The highest BCUT2D eigenvalue weighted by Crippen LogP contribution is 2.28. The van der Waals surface area contributed by atoms with Gasteiger partial charge in [-0.2, -0.15) is 4.31 Å². The molecule has 0 bridgehead atoms. The van der Waals surface area contributed by atoms with Gasteiger partial charge in [0.1, 0.15) is 5.75 Å². The Bertz CT molecular complexity index is 954. The standard InChI is InChI=1S/C19H21ClN2O4S/c1-13-7-9-22(10-8-13)27(25,26)16-4-2-3-14(11-16)19(24)21-17-12-15(20)5-6-18(17)23/h2-6,11-13,23H,7-10H2,1H3,(H,21,24). The number of benzene rings is 2. The van der Waals surface area contributed by atoms with E-state index in [9.17, 15) is 18.3 Å². The van der Waals surface area contributed by atoms with E-state index in [0.29, 0.717) is 24.0 Å². The molecule has 1 aliphatic rings. The molecule has 1 aliphatic heterocycles. The van der Waals surface area contributed by atoms with E-state index in [-0.39, 0.29) is 21.9 Å². The van der Waals surface area contributed by atoms with E-state index in [1.165, 1.54) is 46.8 Å². The first-order valence-electron chi connectivity index (χ1n) is 8.67. The molecule has 0 spiro atoms. The van der Waals surface area contributed by atoms with Gasteiger partial charge in [0, 0.05) is 23.7 Å². The van der Waals surface area contributed by atoms with E-state index in [4.69, 9.17) is 11.6 Å². The van der Waals surface area contributed by atoms with Crippen LogP contribution >= 0.6 is 11.6 Å². The second kappa shape index (κ2) is 7.88. The minimum absolute atomic E-state index is 0.0834. The van der Waals surface area contributed by atoms with E-state index in [1.807, 2.05) is 0 Å². The molecule has 2 aromatic rings. The molecular formula is C19H21ClN2O4S. The first-order chi connectivity index (χ1) is 12.8. The summed E-state index contributed by atoms with van der Waals surface area (Å²) >= 11 is 5.88. The van der Waals surface area contributed by atoms with Crippen LogP contribution in [0.2, 0.25) is 5.02 Å². The van der Waals surface area contributed by atoms with Crippen molar-refractivity contribution < 1.29 is 18.3 Å². The Labute approximate surface area is 163 Å². The summed E-state index contributed by atoms with van der Waals surface area (Å²) in [6.07, 6.45) is 1.65. The van der Waals surface area contributed by atoms with Crippen molar-refractivity contribution in [1.82, 2.24) is 4.31 Å². The zero-order valence-electron chi connectivity index (χ0n) is 14.9. The van der Waals surface area contributed by atoms with Gasteiger partial charge in [0.15, 0.2) is 0 Å². The molecule has 0 saturated carbocycles. The third kappa shape index (κ3) is 4.43. The van der Waals surface area contributed by atoms with Crippen molar-refractivity contribution in [1.29, 1.82) is 0 Å². The monoisotopic (exact) mass is 408 g/mol. The molecule has 1 saturated heterocycles. The topological polar surface area (TPSA) is 86.7 Å². The molecule has 8 heteroatoms. The van der Waals surface area contributed by atoms with Crippen LogP contribution in [0.3, 0.4) is 0 Å². The molecule has 0 aliphatic carbocycles. The molecule has 1 heterocycles. The van der Waals surface area contributed by atoms with Gasteiger partial charge in [-0.15, -0.1) is 0 Å². The highest BCUT2D eigenvalue weighted by atomic mass is 35.5. The van der Waals surface area contributed by atoms with Crippen molar-refractivity contribution in [2.24, 2.45) is 5.92 Å². The third-order valence-corrected chi connectivity index (χ3v) is 6.81. The number of hydrogen-bond acceptors (Lipinski definition) is 4. The summed E-state index contributed by atoms with van der Waals surface area (Å²) in [6, 6.07) is 10.2. The predicted octanol–water partition coefficient (Wildman–Crippen LogP) is 3.72. The first kappa shape index (κ1) is 19.7. The largest absolute Gasteiger partial charge is 0.506 e. The van der Waals surface area contributed by atoms with Crippen molar-refractivity contribution in [3.8, 4) is 5.75 Å². The van der Waals surface area contributed by atoms with Gasteiger partial charge in [-0.1, -0.05) is 24.6 Å². The van der Waals surface area contributed by atoms with Crippen LogP contribution in [-0.2, 0) is 10.0 Å². The smallest absolute Gasteiger partial charge is 0.255 e. The lowest BCUT2D eigenvalue weighted by molar-refractivity contribution is 0.102. The number of nitrogens with zero attached hydrogens (tertiary/aromatic N) is 1. The number of anilines is 1. The van der Waals surface area contributed by atoms with Crippen LogP contribution in [0, 0.1) is 5.92 Å². The number of hydrogen-bond donors (Lipinski definition) is 2. The molecule has 0 radical (unpaired) electrons. The summed E-state index contributed by atoms with van der Waals surface area (Å²) < 4.78 is 27.2. The Morgan fingerprint density at radius 1 is 1.19 bits per heavy atom. The van der Waals surface area contributed by atoms with Crippen molar-refractivity contribution in [2.45, 2.75) is 24.7 Å². The number of halogens is 1. The quantitative estimate of drug-likeness (QED) is 0.755. The number of phenols is 1. The Hall–Kier alpha value is -2.09. The van der Waals surface area contributed by atoms with Crippen LogP contribution in [0.25, 0.3) is 0 Å². The van der Waals surface area contributed by atoms with Gasteiger partial charge in [-0.05, 0) is 55.2 Å². The van der Waals surface area contributed by atoms with Gasteiger partial charge in [-0.3, -0.25) is 4.79 Å². The van der Waals surface area contributed by atoms with Gasteiger partial charge in [0.2, 0.25) is 10.0 Å². The van der Waals surface area contributed by atoms with Gasteiger partial charge >= 0.3 is 0 Å². The zero-order chi connectivity index (χ0) is 19.6. The van der Waals surface area contributed by atoms with Gasteiger partial charge in [0.25, 0.3) is 5.91 Å². The number of nitrogens with one attached hydrogen (secondary N) is 1. The van der Waals surface area contributed by atoms with Crippen molar-refractivity contribution in [3.05, 3.63) is 53.1 Å². The Morgan fingerprint density at radius 2 is 1.89 bits per heavy atom. The molecule has 0 unspecified atom stereocenters. The average molecular weight is 409 g/mol. The Morgan fingerprint density at radius 3 is 2.59 bits per heavy atom. The predicted molar refractivity (Wildman–Crippen MR) is 105 cm³/mol. The molecule has 0 atom stereocenters. The second-order valence-electron chi connectivity index (χ2n) is 6.73. The van der Waals surface area contributed by atoms with E-state index in [0.717, 1.165) is 12.8 Å². The molecule has 3 rings (SSSR count). The molecule has 2 N–H and O–H groups in total. The van der Waals surface area contributed by atoms with Crippen molar-refractivity contribution >= 4 is 33.2 Å². The van der Waals surface area contributed by atoms with Crippen LogP contribution in [0.4, 0.5) is 5.69 Å². The summed E-state index contributed by atoms with van der Waals surface area (Å²) in [6.45, 7) is 3.08. The van der Waals surface area contributed by atoms with Crippen LogP contribution in [0.15, 0.2) is 47.4 Å². The normalized spacial score (nSPS) is 16.2. The highest BCUT2D eigenvalue weighted by Gasteiger charge is 2.28. The lowest BCUT2D eigenvalue weighted by Gasteiger charge is -2.29.